The van der Waals surface area contributed by atoms with E-state index in [1.807, 2.05) is 6.07 Å². The van der Waals surface area contributed by atoms with Gasteiger partial charge in [0.05, 0.1) is 7.11 Å². The van der Waals surface area contributed by atoms with E-state index in [2.05, 4.69) is 26.8 Å². The fourth-order valence-electron chi connectivity index (χ4n) is 0.973. The smallest absolute Gasteiger partial charge is 0.147 e. The molecule has 70 valence electrons. The first-order valence-electron chi connectivity index (χ1n) is 4.07. The standard InChI is InChI=1S/C10H13NOS/c1-10(2,3)9-5-7(12-4)8(6-11)13-9/h5H,1-4H3. The van der Waals surface area contributed by atoms with E-state index in [0.29, 0.717) is 10.6 Å². The summed E-state index contributed by atoms with van der Waals surface area (Å²) in [5.41, 5.74) is 0.0903. The number of hydrogen-bond donors (Lipinski definition) is 0. The summed E-state index contributed by atoms with van der Waals surface area (Å²) in [5, 5.41) is 8.81. The van der Waals surface area contributed by atoms with Gasteiger partial charge in [-0.2, -0.15) is 5.26 Å². The van der Waals surface area contributed by atoms with Gasteiger partial charge in [-0.05, 0) is 11.5 Å². The minimum atomic E-state index is 0.0903. The maximum atomic E-state index is 8.81. The summed E-state index contributed by atoms with van der Waals surface area (Å²) in [6.45, 7) is 6.37. The predicted octanol–water partition coefficient (Wildman–Crippen LogP) is 2.93. The Bertz CT molecular complexity index is 341. The molecule has 1 rings (SSSR count). The minimum Gasteiger partial charge on any atom is -0.494 e. The second-order valence-corrected chi connectivity index (χ2v) is 4.92. The van der Waals surface area contributed by atoms with Crippen molar-refractivity contribution in [2.45, 2.75) is 26.2 Å². The first kappa shape index (κ1) is 10.1. The summed E-state index contributed by atoms with van der Waals surface area (Å²) in [6.07, 6.45) is 0. The molecule has 0 amide bonds. The third-order valence-electron chi connectivity index (χ3n) is 1.76. The Labute approximate surface area is 82.8 Å². The second kappa shape index (κ2) is 3.39. The van der Waals surface area contributed by atoms with Crippen LogP contribution in [0.2, 0.25) is 0 Å². The van der Waals surface area contributed by atoms with Gasteiger partial charge in [0.1, 0.15) is 16.7 Å². The Morgan fingerprint density at radius 2 is 2.08 bits per heavy atom. The molecule has 0 aliphatic rings. The highest BCUT2D eigenvalue weighted by Crippen LogP contribution is 2.35. The van der Waals surface area contributed by atoms with Crippen molar-refractivity contribution in [2.75, 3.05) is 7.11 Å². The molecule has 0 aliphatic heterocycles. The van der Waals surface area contributed by atoms with Gasteiger partial charge >= 0.3 is 0 Å². The highest BCUT2D eigenvalue weighted by Gasteiger charge is 2.19. The lowest BCUT2D eigenvalue weighted by molar-refractivity contribution is 0.414. The lowest BCUT2D eigenvalue weighted by Crippen LogP contribution is -2.07. The predicted molar refractivity (Wildman–Crippen MR) is 54.3 cm³/mol. The van der Waals surface area contributed by atoms with Crippen LogP contribution < -0.4 is 4.74 Å². The lowest BCUT2D eigenvalue weighted by Gasteiger charge is -2.14. The number of nitrogens with zero attached hydrogens (tertiary/aromatic N) is 1. The zero-order valence-electron chi connectivity index (χ0n) is 8.34. The fraction of sp³-hybridized carbons (Fsp3) is 0.500. The van der Waals surface area contributed by atoms with Crippen LogP contribution in [0.1, 0.15) is 30.5 Å². The minimum absolute atomic E-state index is 0.0903. The Morgan fingerprint density at radius 1 is 1.46 bits per heavy atom. The lowest BCUT2D eigenvalue weighted by atomic mass is 9.95. The Hall–Kier alpha value is -1.01. The molecule has 0 fully saturated rings. The van der Waals surface area contributed by atoms with Gasteiger partial charge in [-0.25, -0.2) is 0 Å². The van der Waals surface area contributed by atoms with Crippen molar-refractivity contribution in [1.29, 1.82) is 5.26 Å². The number of thiophene rings is 1. The molecule has 0 aliphatic carbocycles. The van der Waals surface area contributed by atoms with Crippen molar-refractivity contribution in [2.24, 2.45) is 0 Å². The van der Waals surface area contributed by atoms with E-state index >= 15 is 0 Å². The summed E-state index contributed by atoms with van der Waals surface area (Å²) in [4.78, 5) is 1.84. The molecular weight excluding hydrogens is 182 g/mol. The van der Waals surface area contributed by atoms with Crippen LogP contribution >= 0.6 is 11.3 Å². The zero-order chi connectivity index (χ0) is 10.1. The highest BCUT2D eigenvalue weighted by molar-refractivity contribution is 7.13. The first-order valence-corrected chi connectivity index (χ1v) is 4.89. The maximum Gasteiger partial charge on any atom is 0.147 e. The average molecular weight is 195 g/mol. The molecule has 1 aromatic heterocycles. The molecule has 3 heteroatoms. The topological polar surface area (TPSA) is 33.0 Å². The quantitative estimate of drug-likeness (QED) is 0.690. The van der Waals surface area contributed by atoms with E-state index in [1.54, 1.807) is 7.11 Å². The second-order valence-electron chi connectivity index (χ2n) is 3.87. The van der Waals surface area contributed by atoms with Crippen LogP contribution in [0, 0.1) is 11.3 Å². The van der Waals surface area contributed by atoms with Gasteiger partial charge in [-0.15, -0.1) is 11.3 Å². The molecule has 0 aromatic carbocycles. The molecule has 1 aromatic rings. The van der Waals surface area contributed by atoms with Crippen LogP contribution in [0.5, 0.6) is 5.75 Å². The molecule has 1 heterocycles. The van der Waals surface area contributed by atoms with Gasteiger partial charge in [-0.1, -0.05) is 20.8 Å². The average Bonchev–Trinajstić information content (AvgIpc) is 2.45. The van der Waals surface area contributed by atoms with Gasteiger partial charge in [0, 0.05) is 4.88 Å². The van der Waals surface area contributed by atoms with E-state index in [1.165, 1.54) is 16.2 Å². The van der Waals surface area contributed by atoms with Crippen molar-refractivity contribution >= 4 is 11.3 Å². The largest absolute Gasteiger partial charge is 0.494 e. The van der Waals surface area contributed by atoms with E-state index < -0.39 is 0 Å². The molecule has 0 saturated carbocycles. The van der Waals surface area contributed by atoms with Crippen LogP contribution in [0.15, 0.2) is 6.07 Å². The van der Waals surface area contributed by atoms with E-state index in [9.17, 15) is 0 Å². The third-order valence-corrected chi connectivity index (χ3v) is 3.21. The number of ether oxygens (including phenoxy) is 1. The number of hydrogen-bond acceptors (Lipinski definition) is 3. The van der Waals surface area contributed by atoms with Crippen molar-refractivity contribution in [3.05, 3.63) is 15.8 Å². The summed E-state index contributed by atoms with van der Waals surface area (Å²) < 4.78 is 5.10. The van der Waals surface area contributed by atoms with Gasteiger partial charge in [0.15, 0.2) is 0 Å². The SMILES string of the molecule is COc1cc(C(C)(C)C)sc1C#N. The van der Waals surface area contributed by atoms with Gasteiger partial charge in [0.2, 0.25) is 0 Å². The van der Waals surface area contributed by atoms with Gasteiger partial charge in [-0.3, -0.25) is 0 Å². The number of rotatable bonds is 1. The summed E-state index contributed by atoms with van der Waals surface area (Å²) in [7, 11) is 1.59. The Balaban J connectivity index is 3.16. The number of methoxy groups -OCH3 is 1. The summed E-state index contributed by atoms with van der Waals surface area (Å²) >= 11 is 1.50. The van der Waals surface area contributed by atoms with Crippen LogP contribution in [0.25, 0.3) is 0 Å². The van der Waals surface area contributed by atoms with Crippen LogP contribution in [-0.4, -0.2) is 7.11 Å². The maximum absolute atomic E-state index is 8.81. The third kappa shape index (κ3) is 2.02. The van der Waals surface area contributed by atoms with Crippen molar-refractivity contribution < 1.29 is 4.74 Å². The molecule has 2 nitrogen and oxygen atoms in total. The summed E-state index contributed by atoms with van der Waals surface area (Å²) in [6, 6.07) is 4.08. The number of nitriles is 1. The molecule has 0 saturated heterocycles. The summed E-state index contributed by atoms with van der Waals surface area (Å²) in [5.74, 6) is 0.692. The van der Waals surface area contributed by atoms with E-state index in [4.69, 9.17) is 10.00 Å². The molecule has 0 radical (unpaired) electrons. The van der Waals surface area contributed by atoms with Crippen molar-refractivity contribution in [3.63, 3.8) is 0 Å². The molecule has 0 unspecified atom stereocenters. The molecule has 0 N–H and O–H groups in total. The zero-order valence-corrected chi connectivity index (χ0v) is 9.16. The normalized spacial score (nSPS) is 11.0. The first-order chi connectivity index (χ1) is 5.99. The molecule has 13 heavy (non-hydrogen) atoms. The Morgan fingerprint density at radius 3 is 2.38 bits per heavy atom. The molecule has 0 bridgehead atoms. The van der Waals surface area contributed by atoms with Gasteiger partial charge in [0.25, 0.3) is 0 Å². The molecule has 0 atom stereocenters. The van der Waals surface area contributed by atoms with Gasteiger partial charge < -0.3 is 4.74 Å². The van der Waals surface area contributed by atoms with E-state index in [0.717, 1.165) is 0 Å². The molecular formula is C10H13NOS. The van der Waals surface area contributed by atoms with Crippen LogP contribution in [0.4, 0.5) is 0 Å². The highest BCUT2D eigenvalue weighted by atomic mass is 32.1. The monoisotopic (exact) mass is 195 g/mol. The molecule has 0 spiro atoms. The van der Waals surface area contributed by atoms with Crippen LogP contribution in [-0.2, 0) is 5.41 Å². The fourth-order valence-corrected chi connectivity index (χ4v) is 1.95. The Kier molecular flexibility index (Phi) is 2.63. The van der Waals surface area contributed by atoms with Crippen LogP contribution in [0.3, 0.4) is 0 Å². The van der Waals surface area contributed by atoms with Crippen molar-refractivity contribution in [1.82, 2.24) is 0 Å². The van der Waals surface area contributed by atoms with E-state index in [-0.39, 0.29) is 5.41 Å². The van der Waals surface area contributed by atoms with Crippen molar-refractivity contribution in [3.8, 4) is 11.8 Å².